The Morgan fingerprint density at radius 1 is 1.31 bits per heavy atom. The van der Waals surface area contributed by atoms with Gasteiger partial charge in [-0.05, 0) is 19.3 Å². The minimum atomic E-state index is -0.818. The second-order valence-corrected chi connectivity index (χ2v) is 3.62. The molecule has 0 bridgehead atoms. The van der Waals surface area contributed by atoms with E-state index in [0.29, 0.717) is 32.4 Å². The van der Waals surface area contributed by atoms with Gasteiger partial charge in [-0.3, -0.25) is 9.59 Å². The standard InChI is InChI=1S/C12H19NO3/c1-3-9-13(10-4-2)11(14)7-5-6-8-12(15)16/h1H,4-10H2,2H3,(H,15,16). The molecule has 0 aromatic heterocycles. The van der Waals surface area contributed by atoms with Gasteiger partial charge in [-0.15, -0.1) is 6.42 Å². The molecule has 0 heterocycles. The van der Waals surface area contributed by atoms with Crippen LogP contribution in [-0.4, -0.2) is 35.0 Å². The average Bonchev–Trinajstić information content (AvgIpc) is 2.23. The van der Waals surface area contributed by atoms with Crippen LogP contribution >= 0.6 is 0 Å². The highest BCUT2D eigenvalue weighted by molar-refractivity contribution is 5.76. The molecule has 4 nitrogen and oxygen atoms in total. The number of aliphatic carboxylic acids is 1. The van der Waals surface area contributed by atoms with Crippen molar-refractivity contribution in [2.75, 3.05) is 13.1 Å². The summed E-state index contributed by atoms with van der Waals surface area (Å²) < 4.78 is 0. The highest BCUT2D eigenvalue weighted by Gasteiger charge is 2.10. The molecule has 0 spiro atoms. The Hall–Kier alpha value is -1.50. The zero-order valence-electron chi connectivity index (χ0n) is 9.74. The van der Waals surface area contributed by atoms with E-state index >= 15 is 0 Å². The van der Waals surface area contributed by atoms with E-state index in [2.05, 4.69) is 5.92 Å². The molecule has 0 aromatic carbocycles. The summed E-state index contributed by atoms with van der Waals surface area (Å²) >= 11 is 0. The first-order chi connectivity index (χ1) is 7.61. The maximum Gasteiger partial charge on any atom is 0.303 e. The quantitative estimate of drug-likeness (QED) is 0.503. The number of carbonyl (C=O) groups excluding carboxylic acids is 1. The molecule has 4 heteroatoms. The lowest BCUT2D eigenvalue weighted by Crippen LogP contribution is -2.31. The summed E-state index contributed by atoms with van der Waals surface area (Å²) in [6, 6.07) is 0. The predicted molar refractivity (Wildman–Crippen MR) is 61.8 cm³/mol. The lowest BCUT2D eigenvalue weighted by Gasteiger charge is -2.19. The number of amides is 1. The minimum absolute atomic E-state index is 0.0187. The number of carboxylic acids is 1. The number of hydrogen-bond acceptors (Lipinski definition) is 2. The molecule has 16 heavy (non-hydrogen) atoms. The fraction of sp³-hybridized carbons (Fsp3) is 0.667. The number of nitrogens with zero attached hydrogens (tertiary/aromatic N) is 1. The van der Waals surface area contributed by atoms with E-state index in [1.165, 1.54) is 0 Å². The first-order valence-electron chi connectivity index (χ1n) is 5.54. The molecule has 0 fully saturated rings. The number of carbonyl (C=O) groups is 2. The van der Waals surface area contributed by atoms with Crippen LogP contribution in [0.3, 0.4) is 0 Å². The molecular weight excluding hydrogens is 206 g/mol. The van der Waals surface area contributed by atoms with Gasteiger partial charge >= 0.3 is 5.97 Å². The molecule has 1 N–H and O–H groups in total. The Kier molecular flexibility index (Phi) is 7.96. The van der Waals surface area contributed by atoms with Gasteiger partial charge in [0.15, 0.2) is 0 Å². The number of unbranched alkanes of at least 4 members (excludes halogenated alkanes) is 1. The van der Waals surface area contributed by atoms with Crippen LogP contribution < -0.4 is 0 Å². The maximum absolute atomic E-state index is 11.7. The summed E-state index contributed by atoms with van der Waals surface area (Å²) in [5.74, 6) is 1.65. The first-order valence-corrected chi connectivity index (χ1v) is 5.54. The van der Waals surface area contributed by atoms with E-state index in [1.54, 1.807) is 4.90 Å². The van der Waals surface area contributed by atoms with E-state index in [9.17, 15) is 9.59 Å². The summed E-state index contributed by atoms with van der Waals surface area (Å²) in [6.07, 6.45) is 7.70. The molecule has 90 valence electrons. The Balaban J connectivity index is 3.83. The predicted octanol–water partition coefficient (Wildman–Crippen LogP) is 1.50. The highest BCUT2D eigenvalue weighted by atomic mass is 16.4. The van der Waals surface area contributed by atoms with Crippen molar-refractivity contribution in [1.29, 1.82) is 0 Å². The second-order valence-electron chi connectivity index (χ2n) is 3.62. The molecule has 0 unspecified atom stereocenters. The van der Waals surface area contributed by atoms with Crippen LogP contribution in [0.4, 0.5) is 0 Å². The highest BCUT2D eigenvalue weighted by Crippen LogP contribution is 2.04. The summed E-state index contributed by atoms with van der Waals surface area (Å²) in [7, 11) is 0. The van der Waals surface area contributed by atoms with E-state index in [0.717, 1.165) is 6.42 Å². The smallest absolute Gasteiger partial charge is 0.303 e. The number of rotatable bonds is 8. The summed E-state index contributed by atoms with van der Waals surface area (Å²) in [5, 5.41) is 8.43. The zero-order chi connectivity index (χ0) is 12.4. The van der Waals surface area contributed by atoms with Crippen LogP contribution in [0.1, 0.15) is 39.0 Å². The van der Waals surface area contributed by atoms with Crippen molar-refractivity contribution in [3.05, 3.63) is 0 Å². The maximum atomic E-state index is 11.7. The van der Waals surface area contributed by atoms with Crippen LogP contribution in [0.15, 0.2) is 0 Å². The SMILES string of the molecule is C#CCN(CCC)C(=O)CCCCC(=O)O. The van der Waals surface area contributed by atoms with Crippen LogP contribution in [0, 0.1) is 12.3 Å². The minimum Gasteiger partial charge on any atom is -0.481 e. The first kappa shape index (κ1) is 14.5. The fourth-order valence-electron chi connectivity index (χ4n) is 1.38. The van der Waals surface area contributed by atoms with Gasteiger partial charge in [-0.2, -0.15) is 0 Å². The molecule has 0 aliphatic heterocycles. The third-order valence-corrected chi connectivity index (χ3v) is 2.16. The normalized spacial score (nSPS) is 9.50. The molecule has 0 saturated heterocycles. The summed E-state index contributed by atoms with van der Waals surface area (Å²) in [5.41, 5.74) is 0. The van der Waals surface area contributed by atoms with E-state index < -0.39 is 5.97 Å². The molecule has 0 radical (unpaired) electrons. The van der Waals surface area contributed by atoms with E-state index in [4.69, 9.17) is 11.5 Å². The van der Waals surface area contributed by atoms with Crippen molar-refractivity contribution in [3.8, 4) is 12.3 Å². The summed E-state index contributed by atoms with van der Waals surface area (Å²) in [6.45, 7) is 2.99. The van der Waals surface area contributed by atoms with Crippen LogP contribution in [-0.2, 0) is 9.59 Å². The van der Waals surface area contributed by atoms with Gasteiger partial charge < -0.3 is 10.0 Å². The van der Waals surface area contributed by atoms with Gasteiger partial charge in [0.1, 0.15) is 0 Å². The number of terminal acetylenes is 1. The average molecular weight is 225 g/mol. The van der Waals surface area contributed by atoms with Crippen molar-refractivity contribution < 1.29 is 14.7 Å². The number of carboxylic acid groups (broad SMARTS) is 1. The van der Waals surface area contributed by atoms with Crippen LogP contribution in [0.5, 0.6) is 0 Å². The van der Waals surface area contributed by atoms with Gasteiger partial charge in [-0.25, -0.2) is 0 Å². The Bertz CT molecular complexity index is 268. The second kappa shape index (κ2) is 8.78. The van der Waals surface area contributed by atoms with E-state index in [-0.39, 0.29) is 12.3 Å². The molecule has 0 atom stereocenters. The zero-order valence-corrected chi connectivity index (χ0v) is 9.74. The summed E-state index contributed by atoms with van der Waals surface area (Å²) in [4.78, 5) is 23.6. The molecule has 0 saturated carbocycles. The van der Waals surface area contributed by atoms with Crippen LogP contribution in [0.2, 0.25) is 0 Å². The van der Waals surface area contributed by atoms with Crippen molar-refractivity contribution >= 4 is 11.9 Å². The lowest BCUT2D eigenvalue weighted by atomic mass is 10.2. The third-order valence-electron chi connectivity index (χ3n) is 2.16. The molecule has 0 rings (SSSR count). The van der Waals surface area contributed by atoms with Crippen molar-refractivity contribution in [2.45, 2.75) is 39.0 Å². The van der Waals surface area contributed by atoms with Gasteiger partial charge in [0.25, 0.3) is 0 Å². The Labute approximate surface area is 96.6 Å². The molecule has 0 aliphatic carbocycles. The van der Waals surface area contributed by atoms with Gasteiger partial charge in [0.2, 0.25) is 5.91 Å². The molecule has 0 aromatic rings. The Morgan fingerprint density at radius 3 is 2.44 bits per heavy atom. The Morgan fingerprint density at radius 2 is 1.94 bits per heavy atom. The molecule has 1 amide bonds. The molecule has 0 aliphatic rings. The topological polar surface area (TPSA) is 57.6 Å². The van der Waals surface area contributed by atoms with Crippen molar-refractivity contribution in [3.63, 3.8) is 0 Å². The largest absolute Gasteiger partial charge is 0.481 e. The lowest BCUT2D eigenvalue weighted by molar-refractivity contribution is -0.137. The van der Waals surface area contributed by atoms with Gasteiger partial charge in [-0.1, -0.05) is 12.8 Å². The monoisotopic (exact) mass is 225 g/mol. The van der Waals surface area contributed by atoms with Gasteiger partial charge in [0, 0.05) is 19.4 Å². The third kappa shape index (κ3) is 6.88. The molecular formula is C12H19NO3. The van der Waals surface area contributed by atoms with Crippen molar-refractivity contribution in [2.24, 2.45) is 0 Å². The number of hydrogen-bond donors (Lipinski definition) is 1. The van der Waals surface area contributed by atoms with Gasteiger partial charge in [0.05, 0.1) is 6.54 Å². The fourth-order valence-corrected chi connectivity index (χ4v) is 1.38. The van der Waals surface area contributed by atoms with Crippen molar-refractivity contribution in [1.82, 2.24) is 4.90 Å². The van der Waals surface area contributed by atoms with E-state index in [1.807, 2.05) is 6.92 Å². The van der Waals surface area contributed by atoms with Crippen LogP contribution in [0.25, 0.3) is 0 Å².